The van der Waals surface area contributed by atoms with Crippen LogP contribution in [0.5, 0.6) is 0 Å². The van der Waals surface area contributed by atoms with E-state index in [0.717, 1.165) is 0 Å². The van der Waals surface area contributed by atoms with Crippen LogP contribution in [0.25, 0.3) is 0 Å². The lowest BCUT2D eigenvalue weighted by atomic mass is 9.88. The summed E-state index contributed by atoms with van der Waals surface area (Å²) in [7, 11) is 0. The van der Waals surface area contributed by atoms with Gasteiger partial charge in [0.2, 0.25) is 5.91 Å². The molecule has 1 rings (SSSR count). The number of hydrogen-bond acceptors (Lipinski definition) is 1. The highest BCUT2D eigenvalue weighted by Crippen LogP contribution is 2.27. The molecule has 0 aromatic heterocycles. The van der Waals surface area contributed by atoms with Crippen molar-refractivity contribution in [3.8, 4) is 0 Å². The molecule has 2 nitrogen and oxygen atoms in total. The fraction of sp³-hybridized carbons (Fsp3) is 0.562. The van der Waals surface area contributed by atoms with Gasteiger partial charge >= 0.3 is 0 Å². The second-order valence-electron chi connectivity index (χ2n) is 4.97. The van der Waals surface area contributed by atoms with Crippen LogP contribution in [0.15, 0.2) is 24.3 Å². The van der Waals surface area contributed by atoms with E-state index in [4.69, 9.17) is 5.73 Å². The van der Waals surface area contributed by atoms with E-state index in [2.05, 4.69) is 26.0 Å². The number of carbonyl (C=O) groups excluding carboxylic acids is 1. The van der Waals surface area contributed by atoms with Crippen molar-refractivity contribution in [2.24, 2.45) is 5.73 Å². The van der Waals surface area contributed by atoms with Crippen LogP contribution in [0, 0.1) is 0 Å². The van der Waals surface area contributed by atoms with Gasteiger partial charge in [-0.2, -0.15) is 0 Å². The van der Waals surface area contributed by atoms with Crippen molar-refractivity contribution in [1.29, 1.82) is 0 Å². The molecule has 0 unspecified atom stereocenters. The van der Waals surface area contributed by atoms with Gasteiger partial charge < -0.3 is 5.73 Å². The molecule has 0 saturated carbocycles. The molecule has 1 aromatic rings. The first kappa shape index (κ1) is 14.7. The van der Waals surface area contributed by atoms with Gasteiger partial charge in [0.15, 0.2) is 0 Å². The summed E-state index contributed by atoms with van der Waals surface area (Å²) in [6.45, 7) is 4.46. The zero-order valence-corrected chi connectivity index (χ0v) is 11.6. The highest BCUT2D eigenvalue weighted by atomic mass is 16.1. The second kappa shape index (κ2) is 7.91. The van der Waals surface area contributed by atoms with Crippen molar-refractivity contribution in [3.63, 3.8) is 0 Å². The molecule has 1 amide bonds. The zero-order chi connectivity index (χ0) is 13.4. The highest BCUT2D eigenvalue weighted by molar-refractivity contribution is 5.92. The topological polar surface area (TPSA) is 43.1 Å². The third-order valence-corrected chi connectivity index (χ3v) is 3.48. The van der Waals surface area contributed by atoms with Crippen LogP contribution in [-0.4, -0.2) is 5.91 Å². The molecule has 0 fully saturated rings. The van der Waals surface area contributed by atoms with Gasteiger partial charge in [-0.25, -0.2) is 0 Å². The first-order chi connectivity index (χ1) is 8.69. The van der Waals surface area contributed by atoms with Gasteiger partial charge in [0, 0.05) is 5.56 Å². The first-order valence-electron chi connectivity index (χ1n) is 7.08. The molecule has 0 heterocycles. The quantitative estimate of drug-likeness (QED) is 0.733. The number of carbonyl (C=O) groups is 1. The van der Waals surface area contributed by atoms with E-state index in [0.29, 0.717) is 11.5 Å². The summed E-state index contributed by atoms with van der Waals surface area (Å²) >= 11 is 0. The summed E-state index contributed by atoms with van der Waals surface area (Å²) < 4.78 is 0. The smallest absolute Gasteiger partial charge is 0.248 e. The lowest BCUT2D eigenvalue weighted by Gasteiger charge is -2.17. The number of amides is 1. The van der Waals surface area contributed by atoms with E-state index in [1.807, 2.05) is 12.1 Å². The number of benzene rings is 1. The standard InChI is InChI=1S/C16H25NO/c1-3-5-7-13(8-6-4-2)14-9-11-15(12-10-14)16(17)18/h9-13H,3-8H2,1-2H3,(H2,17,18). The van der Waals surface area contributed by atoms with Gasteiger partial charge in [-0.1, -0.05) is 51.7 Å². The van der Waals surface area contributed by atoms with Crippen molar-refractivity contribution in [1.82, 2.24) is 0 Å². The third-order valence-electron chi connectivity index (χ3n) is 3.48. The summed E-state index contributed by atoms with van der Waals surface area (Å²) in [5, 5.41) is 0. The van der Waals surface area contributed by atoms with Crippen LogP contribution in [0.2, 0.25) is 0 Å². The van der Waals surface area contributed by atoms with Crippen molar-refractivity contribution < 1.29 is 4.79 Å². The highest BCUT2D eigenvalue weighted by Gasteiger charge is 2.11. The van der Waals surface area contributed by atoms with E-state index in [1.165, 1.54) is 44.1 Å². The lowest BCUT2D eigenvalue weighted by molar-refractivity contribution is 0.100. The Balaban J connectivity index is 2.73. The van der Waals surface area contributed by atoms with Crippen LogP contribution in [0.3, 0.4) is 0 Å². The van der Waals surface area contributed by atoms with Crippen molar-refractivity contribution in [2.45, 2.75) is 58.3 Å². The van der Waals surface area contributed by atoms with E-state index < -0.39 is 0 Å². The van der Waals surface area contributed by atoms with Gasteiger partial charge in [0.25, 0.3) is 0 Å². The van der Waals surface area contributed by atoms with E-state index in [-0.39, 0.29) is 5.91 Å². The Hall–Kier alpha value is -1.31. The Labute approximate surface area is 111 Å². The predicted octanol–water partition coefficient (Wildman–Crippen LogP) is 4.25. The molecule has 0 saturated heterocycles. The number of hydrogen-bond donors (Lipinski definition) is 1. The molecule has 1 aromatic carbocycles. The molecule has 100 valence electrons. The first-order valence-corrected chi connectivity index (χ1v) is 7.08. The van der Waals surface area contributed by atoms with Crippen molar-refractivity contribution in [2.75, 3.05) is 0 Å². The maximum absolute atomic E-state index is 11.0. The minimum Gasteiger partial charge on any atom is -0.366 e. The molecule has 0 bridgehead atoms. The monoisotopic (exact) mass is 247 g/mol. The van der Waals surface area contributed by atoms with Crippen LogP contribution in [0.1, 0.15) is 74.2 Å². The number of primary amides is 1. The van der Waals surface area contributed by atoms with Crippen LogP contribution in [-0.2, 0) is 0 Å². The maximum atomic E-state index is 11.0. The molecular weight excluding hydrogens is 222 g/mol. The Morgan fingerprint density at radius 3 is 1.94 bits per heavy atom. The van der Waals surface area contributed by atoms with Crippen molar-refractivity contribution >= 4 is 5.91 Å². The molecule has 0 aliphatic rings. The average Bonchev–Trinajstić information content (AvgIpc) is 2.39. The van der Waals surface area contributed by atoms with Crippen LogP contribution >= 0.6 is 0 Å². The average molecular weight is 247 g/mol. The maximum Gasteiger partial charge on any atom is 0.248 e. The van der Waals surface area contributed by atoms with Crippen molar-refractivity contribution in [3.05, 3.63) is 35.4 Å². The minimum absolute atomic E-state index is 0.347. The molecule has 0 radical (unpaired) electrons. The second-order valence-corrected chi connectivity index (χ2v) is 4.97. The molecule has 0 aliphatic heterocycles. The Bertz CT molecular complexity index is 348. The van der Waals surface area contributed by atoms with Gasteiger partial charge in [0.05, 0.1) is 0 Å². The molecule has 0 spiro atoms. The number of rotatable bonds is 8. The summed E-state index contributed by atoms with van der Waals surface area (Å²) in [4.78, 5) is 11.0. The Morgan fingerprint density at radius 2 is 1.56 bits per heavy atom. The van der Waals surface area contributed by atoms with Crippen LogP contribution in [0.4, 0.5) is 0 Å². The molecule has 18 heavy (non-hydrogen) atoms. The Kier molecular flexibility index (Phi) is 6.48. The fourth-order valence-electron chi connectivity index (χ4n) is 2.30. The largest absolute Gasteiger partial charge is 0.366 e. The number of nitrogens with two attached hydrogens (primary N) is 1. The SMILES string of the molecule is CCCCC(CCCC)c1ccc(C(N)=O)cc1. The molecule has 2 N–H and O–H groups in total. The van der Waals surface area contributed by atoms with Gasteiger partial charge in [-0.05, 0) is 36.5 Å². The van der Waals surface area contributed by atoms with Gasteiger partial charge in [-0.15, -0.1) is 0 Å². The van der Waals surface area contributed by atoms with Gasteiger partial charge in [0.1, 0.15) is 0 Å². The summed E-state index contributed by atoms with van der Waals surface area (Å²) in [6.07, 6.45) is 7.50. The van der Waals surface area contributed by atoms with Gasteiger partial charge in [-0.3, -0.25) is 4.79 Å². The summed E-state index contributed by atoms with van der Waals surface area (Å²) in [6, 6.07) is 7.83. The molecular formula is C16H25NO. The lowest BCUT2D eigenvalue weighted by Crippen LogP contribution is -2.11. The normalized spacial score (nSPS) is 10.8. The van der Waals surface area contributed by atoms with E-state index in [9.17, 15) is 4.79 Å². The van der Waals surface area contributed by atoms with E-state index in [1.54, 1.807) is 0 Å². The van der Waals surface area contributed by atoms with Crippen LogP contribution < -0.4 is 5.73 Å². The molecule has 0 aliphatic carbocycles. The van der Waals surface area contributed by atoms with E-state index >= 15 is 0 Å². The summed E-state index contributed by atoms with van der Waals surface area (Å²) in [5.74, 6) is 0.284. The molecule has 2 heteroatoms. The minimum atomic E-state index is -0.347. The Morgan fingerprint density at radius 1 is 1.06 bits per heavy atom. The predicted molar refractivity (Wildman–Crippen MR) is 76.8 cm³/mol. The summed E-state index contributed by atoms with van der Waals surface area (Å²) in [5.41, 5.74) is 7.21. The zero-order valence-electron chi connectivity index (χ0n) is 11.6. The molecule has 0 atom stereocenters. The third kappa shape index (κ3) is 4.52. The fourth-order valence-corrected chi connectivity index (χ4v) is 2.30. The number of unbranched alkanes of at least 4 members (excludes halogenated alkanes) is 2.